The Balaban J connectivity index is 1.90. The van der Waals surface area contributed by atoms with E-state index in [-0.39, 0.29) is 17.3 Å². The molecule has 30 heavy (non-hydrogen) atoms. The summed E-state index contributed by atoms with van der Waals surface area (Å²) in [6, 6.07) is 14.8. The van der Waals surface area contributed by atoms with E-state index < -0.39 is 0 Å². The Morgan fingerprint density at radius 2 is 2.00 bits per heavy atom. The summed E-state index contributed by atoms with van der Waals surface area (Å²) in [6.45, 7) is 3.93. The van der Waals surface area contributed by atoms with Crippen molar-refractivity contribution in [3.05, 3.63) is 72.3 Å². The van der Waals surface area contributed by atoms with Crippen LogP contribution in [0.25, 0.3) is 22.2 Å². The van der Waals surface area contributed by atoms with E-state index >= 15 is 0 Å². The Labute approximate surface area is 172 Å². The zero-order valence-electron chi connectivity index (χ0n) is 16.4. The Morgan fingerprint density at radius 1 is 1.23 bits per heavy atom. The monoisotopic (exact) mass is 400 g/mol. The number of rotatable bonds is 6. The van der Waals surface area contributed by atoms with Crippen molar-refractivity contribution in [3.63, 3.8) is 0 Å². The lowest BCUT2D eigenvalue weighted by atomic mass is 10.2. The molecule has 0 aliphatic heterocycles. The number of benzene rings is 2. The van der Waals surface area contributed by atoms with Crippen molar-refractivity contribution in [3.8, 4) is 5.75 Å². The SMILES string of the molecule is C=CCNC(=O)c1c(N)n(/N=C\c2cccc(OC)c2)c2nc3ccccc3nc12. The lowest BCUT2D eigenvalue weighted by molar-refractivity contribution is 0.0960. The number of methoxy groups -OCH3 is 1. The first-order valence-electron chi connectivity index (χ1n) is 9.26. The second-order valence-corrected chi connectivity index (χ2v) is 6.48. The number of para-hydroxylation sites is 2. The molecule has 0 aliphatic rings. The Morgan fingerprint density at radius 3 is 2.73 bits per heavy atom. The first-order chi connectivity index (χ1) is 14.6. The highest BCUT2D eigenvalue weighted by Gasteiger charge is 2.23. The van der Waals surface area contributed by atoms with Crippen molar-refractivity contribution in [1.29, 1.82) is 0 Å². The fraction of sp³-hybridized carbons (Fsp3) is 0.0909. The normalized spacial score (nSPS) is 11.2. The average Bonchev–Trinajstić information content (AvgIpc) is 3.04. The number of nitrogens with zero attached hydrogens (tertiary/aromatic N) is 4. The number of nitrogens with two attached hydrogens (primary N) is 1. The van der Waals surface area contributed by atoms with Gasteiger partial charge in [-0.3, -0.25) is 4.79 Å². The maximum atomic E-state index is 12.8. The number of nitrogens with one attached hydrogen (secondary N) is 1. The number of amides is 1. The van der Waals surface area contributed by atoms with Gasteiger partial charge < -0.3 is 15.8 Å². The molecule has 0 spiro atoms. The molecular weight excluding hydrogens is 380 g/mol. The molecule has 0 fully saturated rings. The molecule has 0 saturated heterocycles. The fourth-order valence-electron chi connectivity index (χ4n) is 3.09. The van der Waals surface area contributed by atoms with Crippen molar-refractivity contribution in [2.75, 3.05) is 19.4 Å². The molecule has 3 N–H and O–H groups in total. The number of ether oxygens (including phenoxy) is 1. The molecule has 4 aromatic rings. The van der Waals surface area contributed by atoms with Crippen LogP contribution in [0.1, 0.15) is 15.9 Å². The van der Waals surface area contributed by atoms with Crippen molar-refractivity contribution >= 4 is 40.1 Å². The van der Waals surface area contributed by atoms with Gasteiger partial charge in [-0.15, -0.1) is 6.58 Å². The molecule has 0 aliphatic carbocycles. The van der Waals surface area contributed by atoms with Gasteiger partial charge in [-0.25, -0.2) is 9.97 Å². The molecule has 150 valence electrons. The molecule has 2 aromatic carbocycles. The zero-order valence-corrected chi connectivity index (χ0v) is 16.4. The van der Waals surface area contributed by atoms with Crippen LogP contribution in [-0.2, 0) is 0 Å². The summed E-state index contributed by atoms with van der Waals surface area (Å²) in [6.07, 6.45) is 3.22. The van der Waals surface area contributed by atoms with Crippen molar-refractivity contribution < 1.29 is 9.53 Å². The van der Waals surface area contributed by atoms with Crippen LogP contribution >= 0.6 is 0 Å². The Hall–Kier alpha value is -4.20. The third-order valence-electron chi connectivity index (χ3n) is 4.52. The van der Waals surface area contributed by atoms with Gasteiger partial charge >= 0.3 is 0 Å². The molecule has 1 amide bonds. The summed E-state index contributed by atoms with van der Waals surface area (Å²) < 4.78 is 6.67. The number of anilines is 1. The molecule has 0 atom stereocenters. The van der Waals surface area contributed by atoms with E-state index in [1.807, 2.05) is 48.5 Å². The molecule has 0 saturated carbocycles. The number of nitrogen functional groups attached to an aromatic ring is 1. The quantitative estimate of drug-likeness (QED) is 0.382. The lowest BCUT2D eigenvalue weighted by Crippen LogP contribution is -2.24. The summed E-state index contributed by atoms with van der Waals surface area (Å²) in [5.74, 6) is 0.498. The third-order valence-corrected chi connectivity index (χ3v) is 4.52. The van der Waals surface area contributed by atoms with Gasteiger partial charge in [-0.05, 0) is 29.8 Å². The largest absolute Gasteiger partial charge is 0.497 e. The van der Waals surface area contributed by atoms with Crippen LogP contribution in [0.3, 0.4) is 0 Å². The summed E-state index contributed by atoms with van der Waals surface area (Å²) >= 11 is 0. The molecule has 2 aromatic heterocycles. The number of fused-ring (bicyclic) bond motifs is 2. The topological polar surface area (TPSA) is 107 Å². The predicted octanol–water partition coefficient (Wildman–Crippen LogP) is 2.97. The Bertz CT molecular complexity index is 1290. The van der Waals surface area contributed by atoms with Crippen LogP contribution in [0.5, 0.6) is 5.75 Å². The number of aromatic nitrogens is 3. The van der Waals surface area contributed by atoms with E-state index in [2.05, 4.69) is 27.0 Å². The molecule has 0 unspecified atom stereocenters. The van der Waals surface area contributed by atoms with Gasteiger partial charge in [0.25, 0.3) is 5.91 Å². The van der Waals surface area contributed by atoms with Crippen LogP contribution in [-0.4, -0.2) is 40.4 Å². The first kappa shape index (κ1) is 19.1. The van der Waals surface area contributed by atoms with Crippen LogP contribution in [0, 0.1) is 0 Å². The van der Waals surface area contributed by atoms with Gasteiger partial charge in [0.15, 0.2) is 5.65 Å². The van der Waals surface area contributed by atoms with Gasteiger partial charge in [0.2, 0.25) is 0 Å². The van der Waals surface area contributed by atoms with E-state index in [1.54, 1.807) is 19.4 Å². The number of hydrogen-bond donors (Lipinski definition) is 2. The summed E-state index contributed by atoms with van der Waals surface area (Å²) in [4.78, 5) is 22.0. The van der Waals surface area contributed by atoms with Crippen LogP contribution in [0.4, 0.5) is 5.82 Å². The van der Waals surface area contributed by atoms with Gasteiger partial charge in [0.05, 0.1) is 24.4 Å². The Kier molecular flexibility index (Phi) is 5.13. The molecule has 8 nitrogen and oxygen atoms in total. The lowest BCUT2D eigenvalue weighted by Gasteiger charge is -2.03. The number of carbonyl (C=O) groups excluding carboxylic acids is 1. The maximum absolute atomic E-state index is 12.8. The summed E-state index contributed by atoms with van der Waals surface area (Å²) in [5, 5.41) is 7.22. The van der Waals surface area contributed by atoms with Crippen molar-refractivity contribution in [1.82, 2.24) is 20.0 Å². The van der Waals surface area contributed by atoms with Crippen LogP contribution in [0.2, 0.25) is 0 Å². The van der Waals surface area contributed by atoms with Crippen LogP contribution < -0.4 is 15.8 Å². The minimum atomic E-state index is -0.364. The zero-order chi connectivity index (χ0) is 21.1. The molecule has 0 bridgehead atoms. The highest BCUT2D eigenvalue weighted by Crippen LogP contribution is 2.27. The van der Waals surface area contributed by atoms with E-state index in [4.69, 9.17) is 10.5 Å². The average molecular weight is 400 g/mol. The number of carbonyl (C=O) groups is 1. The second-order valence-electron chi connectivity index (χ2n) is 6.48. The van der Waals surface area contributed by atoms with E-state index in [1.165, 1.54) is 4.68 Å². The predicted molar refractivity (Wildman–Crippen MR) is 118 cm³/mol. The molecular formula is C22H20N6O2. The third kappa shape index (κ3) is 3.46. The maximum Gasteiger partial charge on any atom is 0.257 e. The van der Waals surface area contributed by atoms with Gasteiger partial charge in [0, 0.05) is 6.54 Å². The fourth-order valence-corrected chi connectivity index (χ4v) is 3.09. The summed E-state index contributed by atoms with van der Waals surface area (Å²) in [7, 11) is 1.60. The van der Waals surface area contributed by atoms with Gasteiger partial charge in [-0.2, -0.15) is 9.78 Å². The van der Waals surface area contributed by atoms with E-state index in [0.29, 0.717) is 34.5 Å². The van der Waals surface area contributed by atoms with E-state index in [0.717, 1.165) is 5.56 Å². The first-order valence-corrected chi connectivity index (χ1v) is 9.26. The van der Waals surface area contributed by atoms with E-state index in [9.17, 15) is 4.79 Å². The molecule has 0 radical (unpaired) electrons. The smallest absolute Gasteiger partial charge is 0.257 e. The van der Waals surface area contributed by atoms with Crippen molar-refractivity contribution in [2.24, 2.45) is 5.10 Å². The second kappa shape index (κ2) is 8.04. The highest BCUT2D eigenvalue weighted by atomic mass is 16.5. The van der Waals surface area contributed by atoms with Gasteiger partial charge in [-0.1, -0.05) is 30.3 Å². The minimum absolute atomic E-state index is 0.154. The van der Waals surface area contributed by atoms with Crippen molar-refractivity contribution in [2.45, 2.75) is 0 Å². The van der Waals surface area contributed by atoms with Crippen LogP contribution in [0.15, 0.2) is 66.3 Å². The number of hydrogen-bond acceptors (Lipinski definition) is 6. The molecule has 8 heteroatoms. The standard InChI is InChI=1S/C22H20N6O2/c1-3-11-24-22(29)18-19-21(27-17-10-5-4-9-16(17)26-19)28(20(18)23)25-13-14-7-6-8-15(12-14)30-2/h3-10,12-13H,1,11,23H2,2H3,(H,24,29)/b25-13-. The highest BCUT2D eigenvalue weighted by molar-refractivity contribution is 6.10. The van der Waals surface area contributed by atoms with Gasteiger partial charge in [0.1, 0.15) is 22.6 Å². The minimum Gasteiger partial charge on any atom is -0.497 e. The molecule has 2 heterocycles. The summed E-state index contributed by atoms with van der Waals surface area (Å²) in [5.41, 5.74) is 9.49. The molecule has 4 rings (SSSR count).